The second-order valence-electron chi connectivity index (χ2n) is 4.63. The van der Waals surface area contributed by atoms with Crippen LogP contribution in [0.25, 0.3) is 0 Å². The second-order valence-corrected chi connectivity index (χ2v) is 4.63. The van der Waals surface area contributed by atoms with Crippen molar-refractivity contribution >= 4 is 0 Å². The molecule has 1 nitrogen and oxygen atoms in total. The highest BCUT2D eigenvalue weighted by molar-refractivity contribution is 5.38. The molecule has 0 bridgehead atoms. The van der Waals surface area contributed by atoms with E-state index in [1.165, 1.54) is 37.3 Å². The average molecular weight is 284 g/mol. The maximum Gasteiger partial charge on any atom is 0.416 e. The van der Waals surface area contributed by atoms with Crippen LogP contribution in [0.3, 0.4) is 0 Å². The molecule has 1 unspecified atom stereocenters. The highest BCUT2D eigenvalue weighted by atomic mass is 19.4. The van der Waals surface area contributed by atoms with E-state index in [4.69, 9.17) is 0 Å². The average Bonchev–Trinajstić information content (AvgIpc) is 2.38. The molecule has 5 heteroatoms. The molecular formula is C15H12F4O. The van der Waals surface area contributed by atoms with E-state index in [9.17, 15) is 22.7 Å². The van der Waals surface area contributed by atoms with Gasteiger partial charge in [-0.3, -0.25) is 0 Å². The maximum atomic E-state index is 13.7. The van der Waals surface area contributed by atoms with Crippen molar-refractivity contribution < 1.29 is 22.7 Å². The van der Waals surface area contributed by atoms with Crippen LogP contribution in [0, 0.1) is 5.82 Å². The molecule has 0 saturated carbocycles. The number of aliphatic hydroxyl groups is 1. The molecule has 2 rings (SSSR count). The summed E-state index contributed by atoms with van der Waals surface area (Å²) in [5.41, 5.74) is -2.81. The van der Waals surface area contributed by atoms with E-state index in [-0.39, 0.29) is 11.1 Å². The smallest absolute Gasteiger partial charge is 0.381 e. The van der Waals surface area contributed by atoms with E-state index < -0.39 is 23.2 Å². The van der Waals surface area contributed by atoms with Crippen LogP contribution >= 0.6 is 0 Å². The fraction of sp³-hybridized carbons (Fsp3) is 0.200. The first-order valence-electron chi connectivity index (χ1n) is 5.88. The van der Waals surface area contributed by atoms with Crippen molar-refractivity contribution in [2.24, 2.45) is 0 Å². The molecule has 0 aliphatic carbocycles. The lowest BCUT2D eigenvalue weighted by Gasteiger charge is -2.25. The molecule has 0 amide bonds. The monoisotopic (exact) mass is 284 g/mol. The summed E-state index contributed by atoms with van der Waals surface area (Å²) in [7, 11) is 0. The van der Waals surface area contributed by atoms with Crippen molar-refractivity contribution in [2.75, 3.05) is 0 Å². The molecule has 0 aliphatic rings. The lowest BCUT2D eigenvalue weighted by atomic mass is 9.87. The summed E-state index contributed by atoms with van der Waals surface area (Å²) in [6.07, 6.45) is -4.51. The molecular weight excluding hydrogens is 272 g/mol. The summed E-state index contributed by atoms with van der Waals surface area (Å²) >= 11 is 0. The van der Waals surface area contributed by atoms with Gasteiger partial charge < -0.3 is 5.11 Å². The molecule has 0 radical (unpaired) electrons. The number of alkyl halides is 3. The quantitative estimate of drug-likeness (QED) is 0.823. The molecule has 20 heavy (non-hydrogen) atoms. The largest absolute Gasteiger partial charge is 0.416 e. The third-order valence-corrected chi connectivity index (χ3v) is 3.15. The molecule has 1 atom stereocenters. The summed E-state index contributed by atoms with van der Waals surface area (Å²) in [6.45, 7) is 1.26. The Morgan fingerprint density at radius 2 is 1.50 bits per heavy atom. The van der Waals surface area contributed by atoms with Crippen molar-refractivity contribution in [3.8, 4) is 0 Å². The zero-order valence-corrected chi connectivity index (χ0v) is 10.6. The zero-order valence-electron chi connectivity index (χ0n) is 10.6. The predicted molar refractivity (Wildman–Crippen MR) is 66.5 cm³/mol. The van der Waals surface area contributed by atoms with Crippen molar-refractivity contribution in [1.29, 1.82) is 0 Å². The second kappa shape index (κ2) is 4.90. The maximum absolute atomic E-state index is 13.7. The van der Waals surface area contributed by atoms with E-state index in [1.807, 2.05) is 0 Å². The third kappa shape index (κ3) is 2.67. The Hall–Kier alpha value is -1.88. The van der Waals surface area contributed by atoms with E-state index >= 15 is 0 Å². The van der Waals surface area contributed by atoms with Crippen LogP contribution in [-0.4, -0.2) is 5.11 Å². The fourth-order valence-corrected chi connectivity index (χ4v) is 2.01. The highest BCUT2D eigenvalue weighted by Crippen LogP contribution is 2.35. The Labute approximate surface area is 113 Å². The van der Waals surface area contributed by atoms with Gasteiger partial charge in [-0.25, -0.2) is 4.39 Å². The van der Waals surface area contributed by atoms with E-state index in [0.717, 1.165) is 18.2 Å². The van der Waals surface area contributed by atoms with Gasteiger partial charge in [0, 0.05) is 5.56 Å². The number of benzene rings is 2. The predicted octanol–water partition coefficient (Wildman–Crippen LogP) is 4.10. The molecule has 2 aromatic rings. The van der Waals surface area contributed by atoms with Crippen LogP contribution in [0.1, 0.15) is 23.6 Å². The standard InChI is InChI=1S/C15H12F4O/c1-14(20,12-7-2-3-8-13(12)16)10-5-4-6-11(9-10)15(17,18)19/h2-9,20H,1H3. The van der Waals surface area contributed by atoms with Crippen LogP contribution < -0.4 is 0 Å². The first-order valence-corrected chi connectivity index (χ1v) is 5.88. The number of rotatable bonds is 2. The summed E-state index contributed by atoms with van der Waals surface area (Å²) in [6, 6.07) is 9.71. The minimum absolute atomic E-state index is 0.0163. The molecule has 0 aliphatic heterocycles. The Morgan fingerprint density at radius 3 is 2.10 bits per heavy atom. The lowest BCUT2D eigenvalue weighted by Crippen LogP contribution is -2.25. The van der Waals surface area contributed by atoms with Crippen LogP contribution in [0.2, 0.25) is 0 Å². The van der Waals surface area contributed by atoms with Crippen molar-refractivity contribution in [1.82, 2.24) is 0 Å². The van der Waals surface area contributed by atoms with Gasteiger partial charge in [0.25, 0.3) is 0 Å². The molecule has 0 fully saturated rings. The summed E-state index contributed by atoms with van der Waals surface area (Å²) in [5.74, 6) is -0.671. The molecule has 2 aromatic carbocycles. The van der Waals surface area contributed by atoms with Gasteiger partial charge in [0.05, 0.1) is 5.56 Å². The van der Waals surface area contributed by atoms with Crippen LogP contribution in [0.4, 0.5) is 17.6 Å². The number of hydrogen-bond donors (Lipinski definition) is 1. The highest BCUT2D eigenvalue weighted by Gasteiger charge is 2.34. The van der Waals surface area contributed by atoms with Crippen molar-refractivity contribution in [3.05, 3.63) is 71.0 Å². The van der Waals surface area contributed by atoms with Crippen molar-refractivity contribution in [3.63, 3.8) is 0 Å². The van der Waals surface area contributed by atoms with Crippen LogP contribution in [-0.2, 0) is 11.8 Å². The van der Waals surface area contributed by atoms with Gasteiger partial charge in [-0.05, 0) is 30.7 Å². The first kappa shape index (κ1) is 14.5. The minimum Gasteiger partial charge on any atom is -0.381 e. The van der Waals surface area contributed by atoms with Gasteiger partial charge in [0.1, 0.15) is 11.4 Å². The third-order valence-electron chi connectivity index (χ3n) is 3.15. The molecule has 1 N–H and O–H groups in total. The van der Waals surface area contributed by atoms with Gasteiger partial charge in [-0.15, -0.1) is 0 Å². The normalized spacial score (nSPS) is 14.9. The molecule has 0 heterocycles. The van der Waals surface area contributed by atoms with Crippen molar-refractivity contribution in [2.45, 2.75) is 18.7 Å². The molecule has 0 saturated heterocycles. The zero-order chi connectivity index (χ0) is 15.0. The Bertz CT molecular complexity index is 617. The Morgan fingerprint density at radius 1 is 0.900 bits per heavy atom. The number of hydrogen-bond acceptors (Lipinski definition) is 1. The summed E-state index contributed by atoms with van der Waals surface area (Å²) in [4.78, 5) is 0. The Balaban J connectivity index is 2.53. The van der Waals surface area contributed by atoms with Gasteiger partial charge in [-0.2, -0.15) is 13.2 Å². The molecule has 0 spiro atoms. The van der Waals surface area contributed by atoms with Gasteiger partial charge in [0.2, 0.25) is 0 Å². The van der Waals surface area contributed by atoms with Crippen LogP contribution in [0.15, 0.2) is 48.5 Å². The van der Waals surface area contributed by atoms with Gasteiger partial charge >= 0.3 is 6.18 Å². The summed E-state index contributed by atoms with van der Waals surface area (Å²) in [5, 5.41) is 10.4. The fourth-order valence-electron chi connectivity index (χ4n) is 2.01. The van der Waals surface area contributed by atoms with Crippen LogP contribution in [0.5, 0.6) is 0 Å². The lowest BCUT2D eigenvalue weighted by molar-refractivity contribution is -0.137. The van der Waals surface area contributed by atoms with Gasteiger partial charge in [0.15, 0.2) is 0 Å². The SMILES string of the molecule is CC(O)(c1cccc(C(F)(F)F)c1)c1ccccc1F. The summed E-state index contributed by atoms with van der Waals surface area (Å²) < 4.78 is 51.8. The van der Waals surface area contributed by atoms with E-state index in [0.29, 0.717) is 0 Å². The molecule has 106 valence electrons. The first-order chi connectivity index (χ1) is 9.23. The van der Waals surface area contributed by atoms with E-state index in [1.54, 1.807) is 0 Å². The number of halogens is 4. The Kier molecular flexibility index (Phi) is 3.56. The molecule has 0 aromatic heterocycles. The van der Waals surface area contributed by atoms with E-state index in [2.05, 4.69) is 0 Å². The topological polar surface area (TPSA) is 20.2 Å². The van der Waals surface area contributed by atoms with Gasteiger partial charge in [-0.1, -0.05) is 30.3 Å². The minimum atomic E-state index is -4.51.